The summed E-state index contributed by atoms with van der Waals surface area (Å²) in [5.74, 6) is -0.0352. The molecule has 1 atom stereocenters. The van der Waals surface area contributed by atoms with Crippen LogP contribution in [0.5, 0.6) is 0 Å². The fraction of sp³-hybridized carbons (Fsp3) is 0.545. The van der Waals surface area contributed by atoms with Crippen LogP contribution in [0.15, 0.2) is 35.0 Å². The number of amides is 1. The molecule has 0 saturated heterocycles. The molecule has 6 nitrogen and oxygen atoms in total. The first kappa shape index (κ1) is 23.4. The van der Waals surface area contributed by atoms with E-state index in [4.69, 9.17) is 22.1 Å². The van der Waals surface area contributed by atoms with Gasteiger partial charge in [0.15, 0.2) is 0 Å². The topological polar surface area (TPSA) is 71.2 Å². The van der Waals surface area contributed by atoms with Crippen LogP contribution < -0.4 is 5.73 Å². The predicted molar refractivity (Wildman–Crippen MR) is 120 cm³/mol. The standard InChI is InChI=1S/C22H33ClN4O2/c1-17-16-29-10-8-19-6-7-21(23)11-20(19)5-4-9-27(17)15-18(12-24)13-25-14-22(28)26(2)3/h6-7,11-13,17H,4-5,8-10,14-16,24H2,1-3H3/b18-12+,25-13?/t17-/m0/s1. The molecule has 1 aromatic carbocycles. The van der Waals surface area contributed by atoms with Crippen LogP contribution >= 0.6 is 11.6 Å². The van der Waals surface area contributed by atoms with Crippen LogP contribution in [0.2, 0.25) is 5.02 Å². The zero-order valence-corrected chi connectivity index (χ0v) is 18.5. The number of hydrogen-bond acceptors (Lipinski definition) is 5. The van der Waals surface area contributed by atoms with Gasteiger partial charge in [0, 0.05) is 37.9 Å². The Balaban J connectivity index is 2.02. The number of ether oxygens (including phenoxy) is 1. The van der Waals surface area contributed by atoms with Crippen LogP contribution in [0.4, 0.5) is 0 Å². The van der Waals surface area contributed by atoms with Gasteiger partial charge < -0.3 is 15.4 Å². The minimum atomic E-state index is -0.0352. The number of likely N-dealkylation sites (N-methyl/N-ethyl adjacent to an activating group) is 1. The van der Waals surface area contributed by atoms with E-state index in [1.54, 1.807) is 26.5 Å². The number of carbonyl (C=O) groups excluding carboxylic acids is 1. The van der Waals surface area contributed by atoms with Gasteiger partial charge in [-0.2, -0.15) is 0 Å². The molecule has 0 aromatic heterocycles. The second-order valence-electron chi connectivity index (χ2n) is 7.66. The van der Waals surface area contributed by atoms with Gasteiger partial charge in [-0.25, -0.2) is 0 Å². The monoisotopic (exact) mass is 420 g/mol. The van der Waals surface area contributed by atoms with Gasteiger partial charge in [-0.1, -0.05) is 17.7 Å². The highest BCUT2D eigenvalue weighted by atomic mass is 35.5. The normalized spacial score (nSPS) is 19.6. The number of fused-ring (bicyclic) bond motifs is 1. The summed E-state index contributed by atoms with van der Waals surface area (Å²) in [5, 5.41) is 0.779. The second-order valence-corrected chi connectivity index (χ2v) is 8.10. The third-order valence-electron chi connectivity index (χ3n) is 5.14. The molecule has 0 radical (unpaired) electrons. The lowest BCUT2D eigenvalue weighted by Crippen LogP contribution is -2.39. The van der Waals surface area contributed by atoms with Crippen LogP contribution in [0.25, 0.3) is 0 Å². The Morgan fingerprint density at radius 2 is 2.17 bits per heavy atom. The Bertz CT molecular complexity index is 734. The number of benzene rings is 1. The molecule has 1 aromatic rings. The van der Waals surface area contributed by atoms with E-state index < -0.39 is 0 Å². The first-order valence-corrected chi connectivity index (χ1v) is 10.5. The van der Waals surface area contributed by atoms with Gasteiger partial charge in [0.2, 0.25) is 5.91 Å². The van der Waals surface area contributed by atoms with Crippen molar-refractivity contribution in [1.29, 1.82) is 0 Å². The van der Waals surface area contributed by atoms with Crippen molar-refractivity contribution in [3.63, 3.8) is 0 Å². The Labute approximate surface area is 179 Å². The van der Waals surface area contributed by atoms with Gasteiger partial charge in [0.1, 0.15) is 6.54 Å². The zero-order valence-electron chi connectivity index (χ0n) is 17.7. The third kappa shape index (κ3) is 7.80. The fourth-order valence-corrected chi connectivity index (χ4v) is 3.49. The maximum atomic E-state index is 11.7. The van der Waals surface area contributed by atoms with Crippen molar-refractivity contribution in [2.45, 2.75) is 32.2 Å². The average Bonchev–Trinajstić information content (AvgIpc) is 2.72. The highest BCUT2D eigenvalue weighted by Gasteiger charge is 2.17. The smallest absolute Gasteiger partial charge is 0.243 e. The molecule has 1 amide bonds. The van der Waals surface area contributed by atoms with Crippen LogP contribution in [-0.2, 0) is 22.4 Å². The number of aliphatic imine (C=N–C) groups is 1. The molecule has 1 aliphatic rings. The Kier molecular flexibility index (Phi) is 9.64. The van der Waals surface area contributed by atoms with E-state index >= 15 is 0 Å². The maximum Gasteiger partial charge on any atom is 0.243 e. The molecular formula is C22H33ClN4O2. The van der Waals surface area contributed by atoms with Crippen LogP contribution in [-0.4, -0.2) is 74.9 Å². The minimum Gasteiger partial charge on any atom is -0.404 e. The van der Waals surface area contributed by atoms with Crippen molar-refractivity contribution in [2.75, 3.05) is 46.9 Å². The number of rotatable bonds is 5. The molecule has 0 saturated carbocycles. The highest BCUT2D eigenvalue weighted by molar-refractivity contribution is 6.30. The molecule has 1 heterocycles. The van der Waals surface area contributed by atoms with E-state index in [0.29, 0.717) is 19.8 Å². The number of nitrogens with zero attached hydrogens (tertiary/aromatic N) is 3. The summed E-state index contributed by atoms with van der Waals surface area (Å²) < 4.78 is 5.94. The minimum absolute atomic E-state index is 0.0352. The summed E-state index contributed by atoms with van der Waals surface area (Å²) in [5.41, 5.74) is 9.33. The van der Waals surface area contributed by atoms with Crippen LogP contribution in [0, 0.1) is 0 Å². The molecule has 1 aliphatic heterocycles. The lowest BCUT2D eigenvalue weighted by Gasteiger charge is -2.29. The second kappa shape index (κ2) is 12.0. The molecule has 0 fully saturated rings. The number of halogens is 1. The zero-order chi connectivity index (χ0) is 21.2. The fourth-order valence-electron chi connectivity index (χ4n) is 3.29. The number of aryl methyl sites for hydroxylation is 1. The molecule has 2 rings (SSSR count). The largest absolute Gasteiger partial charge is 0.404 e. The molecule has 0 spiro atoms. The van der Waals surface area contributed by atoms with Gasteiger partial charge >= 0.3 is 0 Å². The Morgan fingerprint density at radius 1 is 1.38 bits per heavy atom. The van der Waals surface area contributed by atoms with E-state index in [9.17, 15) is 4.79 Å². The highest BCUT2D eigenvalue weighted by Crippen LogP contribution is 2.20. The summed E-state index contributed by atoms with van der Waals surface area (Å²) >= 11 is 6.20. The summed E-state index contributed by atoms with van der Waals surface area (Å²) in [6.45, 7) is 5.24. The summed E-state index contributed by atoms with van der Waals surface area (Å²) in [7, 11) is 3.44. The van der Waals surface area contributed by atoms with E-state index in [-0.39, 0.29) is 18.5 Å². The lowest BCUT2D eigenvalue weighted by atomic mass is 10.0. The number of hydrogen-bond donors (Lipinski definition) is 1. The molecule has 160 valence electrons. The average molecular weight is 421 g/mol. The molecule has 0 unspecified atom stereocenters. The molecule has 0 aliphatic carbocycles. The first-order chi connectivity index (χ1) is 13.9. The van der Waals surface area contributed by atoms with E-state index in [0.717, 1.165) is 36.4 Å². The van der Waals surface area contributed by atoms with Crippen LogP contribution in [0.3, 0.4) is 0 Å². The van der Waals surface area contributed by atoms with Gasteiger partial charge in [-0.15, -0.1) is 0 Å². The third-order valence-corrected chi connectivity index (χ3v) is 5.38. The van der Waals surface area contributed by atoms with Crippen molar-refractivity contribution < 1.29 is 9.53 Å². The van der Waals surface area contributed by atoms with Crippen molar-refractivity contribution in [1.82, 2.24) is 9.80 Å². The number of nitrogens with two attached hydrogens (primary N) is 1. The molecule has 7 heteroatoms. The molecular weight excluding hydrogens is 388 g/mol. The van der Waals surface area contributed by atoms with Crippen molar-refractivity contribution in [3.8, 4) is 0 Å². The van der Waals surface area contributed by atoms with Gasteiger partial charge in [-0.05, 0) is 67.8 Å². The SMILES string of the molecule is C[C@H]1COCCc2ccc(Cl)cc2CCCN1C/C(C=NCC(=O)N(C)C)=C/N. The van der Waals surface area contributed by atoms with Crippen molar-refractivity contribution >= 4 is 23.7 Å². The van der Waals surface area contributed by atoms with Crippen LogP contribution in [0.1, 0.15) is 24.5 Å². The summed E-state index contributed by atoms with van der Waals surface area (Å²) in [4.78, 5) is 19.8. The quantitative estimate of drug-likeness (QED) is 0.743. The van der Waals surface area contributed by atoms with E-state index in [1.165, 1.54) is 16.0 Å². The Morgan fingerprint density at radius 3 is 2.90 bits per heavy atom. The van der Waals surface area contributed by atoms with E-state index in [2.05, 4.69) is 28.9 Å². The van der Waals surface area contributed by atoms with E-state index in [1.807, 2.05) is 6.07 Å². The predicted octanol–water partition coefficient (Wildman–Crippen LogP) is 2.54. The number of carbonyl (C=O) groups is 1. The first-order valence-electron chi connectivity index (χ1n) is 10.1. The maximum absolute atomic E-state index is 11.7. The molecule has 2 N–H and O–H groups in total. The summed E-state index contributed by atoms with van der Waals surface area (Å²) in [6, 6.07) is 6.39. The lowest BCUT2D eigenvalue weighted by molar-refractivity contribution is -0.127. The molecule has 0 bridgehead atoms. The van der Waals surface area contributed by atoms with Crippen molar-refractivity contribution in [3.05, 3.63) is 46.1 Å². The molecule has 29 heavy (non-hydrogen) atoms. The van der Waals surface area contributed by atoms with Gasteiger partial charge in [0.25, 0.3) is 0 Å². The van der Waals surface area contributed by atoms with Gasteiger partial charge in [0.05, 0.1) is 13.2 Å². The van der Waals surface area contributed by atoms with Gasteiger partial charge in [-0.3, -0.25) is 14.7 Å². The van der Waals surface area contributed by atoms with Crippen molar-refractivity contribution in [2.24, 2.45) is 10.7 Å². The summed E-state index contributed by atoms with van der Waals surface area (Å²) in [6.07, 6.45) is 6.17. The Hall–Kier alpha value is -1.89.